The molecule has 1 saturated heterocycles. The van der Waals surface area contributed by atoms with Gasteiger partial charge in [0.2, 0.25) is 0 Å². The summed E-state index contributed by atoms with van der Waals surface area (Å²) < 4.78 is 0.903. The van der Waals surface area contributed by atoms with Gasteiger partial charge in [-0.05, 0) is 51.9 Å². The van der Waals surface area contributed by atoms with Crippen molar-refractivity contribution < 1.29 is 0 Å². The normalized spacial score (nSPS) is 29.0. The highest BCUT2D eigenvalue weighted by atomic mass is 79.9. The third-order valence-corrected chi connectivity index (χ3v) is 3.84. The van der Waals surface area contributed by atoms with Gasteiger partial charge in [0.1, 0.15) is 4.60 Å². The minimum absolute atomic E-state index is 0.585. The Morgan fingerprint density at radius 2 is 2.33 bits per heavy atom. The third kappa shape index (κ3) is 1.64. The van der Waals surface area contributed by atoms with Crippen molar-refractivity contribution in [2.24, 2.45) is 5.92 Å². The molecule has 15 heavy (non-hydrogen) atoms. The van der Waals surface area contributed by atoms with Crippen LogP contribution in [0.3, 0.4) is 0 Å². The number of nitrogens with one attached hydrogen (secondary N) is 1. The number of hydrogen-bond donors (Lipinski definition) is 1. The quantitative estimate of drug-likeness (QED) is 0.789. The van der Waals surface area contributed by atoms with Crippen molar-refractivity contribution in [2.75, 3.05) is 6.54 Å². The van der Waals surface area contributed by atoms with E-state index in [9.17, 15) is 0 Å². The zero-order valence-corrected chi connectivity index (χ0v) is 10.00. The van der Waals surface area contributed by atoms with Gasteiger partial charge in [0.15, 0.2) is 0 Å². The first-order valence-corrected chi connectivity index (χ1v) is 6.19. The second-order valence-electron chi connectivity index (χ2n) is 4.25. The minimum atomic E-state index is 0.585. The van der Waals surface area contributed by atoms with Crippen LogP contribution >= 0.6 is 15.9 Å². The number of pyridine rings is 1. The lowest BCUT2D eigenvalue weighted by Crippen LogP contribution is -2.54. The molecular formula is C12H13BrN2. The van der Waals surface area contributed by atoms with Crippen molar-refractivity contribution in [1.29, 1.82) is 0 Å². The van der Waals surface area contributed by atoms with Crippen LogP contribution in [0.4, 0.5) is 0 Å². The maximum absolute atomic E-state index is 4.29. The van der Waals surface area contributed by atoms with E-state index in [0.717, 1.165) is 10.5 Å². The lowest BCUT2D eigenvalue weighted by molar-refractivity contribution is 0.262. The molecule has 78 valence electrons. The first kappa shape index (κ1) is 9.55. The summed E-state index contributed by atoms with van der Waals surface area (Å²) in [5, 5.41) is 3.50. The number of hydrogen-bond acceptors (Lipinski definition) is 2. The summed E-state index contributed by atoms with van der Waals surface area (Å²) in [5.41, 5.74) is 2.71. The highest BCUT2D eigenvalue weighted by molar-refractivity contribution is 9.10. The van der Waals surface area contributed by atoms with E-state index < -0.39 is 0 Å². The van der Waals surface area contributed by atoms with Gasteiger partial charge < -0.3 is 5.32 Å². The summed E-state index contributed by atoms with van der Waals surface area (Å²) in [6.45, 7) is 1.19. The first-order chi connectivity index (χ1) is 7.34. The Bertz CT molecular complexity index is 397. The van der Waals surface area contributed by atoms with Crippen molar-refractivity contribution >= 4 is 21.5 Å². The van der Waals surface area contributed by atoms with E-state index in [1.54, 1.807) is 0 Å². The van der Waals surface area contributed by atoms with E-state index in [1.807, 2.05) is 12.3 Å². The largest absolute Gasteiger partial charge is 0.309 e. The molecule has 0 radical (unpaired) electrons. The average Bonchev–Trinajstić information content (AvgIpc) is 2.21. The molecule has 1 aromatic heterocycles. The fraction of sp³-hybridized carbons (Fsp3) is 0.417. The Hall–Kier alpha value is -0.670. The summed E-state index contributed by atoms with van der Waals surface area (Å²) in [6.07, 6.45) is 6.87. The van der Waals surface area contributed by atoms with Crippen LogP contribution < -0.4 is 5.32 Å². The van der Waals surface area contributed by atoms with Crippen LogP contribution in [0.5, 0.6) is 0 Å². The molecule has 0 aromatic carbocycles. The van der Waals surface area contributed by atoms with Gasteiger partial charge in [0.05, 0.1) is 0 Å². The highest BCUT2D eigenvalue weighted by Crippen LogP contribution is 2.35. The molecule has 3 rings (SSSR count). The van der Waals surface area contributed by atoms with Crippen molar-refractivity contribution in [3.63, 3.8) is 0 Å². The van der Waals surface area contributed by atoms with Crippen LogP contribution in [0.2, 0.25) is 0 Å². The summed E-state index contributed by atoms with van der Waals surface area (Å²) in [7, 11) is 0. The van der Waals surface area contributed by atoms with Gasteiger partial charge in [0.25, 0.3) is 0 Å². The van der Waals surface area contributed by atoms with Gasteiger partial charge in [-0.15, -0.1) is 0 Å². The number of rotatable bonds is 1. The Morgan fingerprint density at radius 3 is 3.00 bits per heavy atom. The molecular weight excluding hydrogens is 252 g/mol. The first-order valence-electron chi connectivity index (χ1n) is 5.40. The van der Waals surface area contributed by atoms with Gasteiger partial charge in [-0.2, -0.15) is 0 Å². The Balaban J connectivity index is 1.92. The number of allylic oxidation sites excluding steroid dienone is 1. The average molecular weight is 265 g/mol. The second kappa shape index (κ2) is 3.72. The summed E-state index contributed by atoms with van der Waals surface area (Å²) in [6, 6.07) is 4.74. The fourth-order valence-electron chi connectivity index (χ4n) is 2.46. The van der Waals surface area contributed by atoms with E-state index in [1.165, 1.54) is 30.5 Å². The maximum Gasteiger partial charge on any atom is 0.106 e. The van der Waals surface area contributed by atoms with E-state index in [2.05, 4.69) is 38.4 Å². The van der Waals surface area contributed by atoms with Crippen LogP contribution in [-0.4, -0.2) is 17.6 Å². The number of fused-ring (bicyclic) bond motifs is 1. The molecule has 2 nitrogen and oxygen atoms in total. The van der Waals surface area contributed by atoms with E-state index in [-0.39, 0.29) is 0 Å². The number of halogens is 1. The summed E-state index contributed by atoms with van der Waals surface area (Å²) >= 11 is 3.36. The van der Waals surface area contributed by atoms with Gasteiger partial charge in [0, 0.05) is 18.8 Å². The van der Waals surface area contributed by atoms with E-state index in [4.69, 9.17) is 0 Å². The highest BCUT2D eigenvalue weighted by Gasteiger charge is 2.35. The SMILES string of the molecule is Brc1ccc(C2=CCCC3CNC23)cn1. The predicted octanol–water partition coefficient (Wildman–Crippen LogP) is 2.61. The Morgan fingerprint density at radius 1 is 1.40 bits per heavy atom. The van der Waals surface area contributed by atoms with Gasteiger partial charge in [-0.3, -0.25) is 0 Å². The molecule has 2 heterocycles. The van der Waals surface area contributed by atoms with Crippen molar-refractivity contribution in [2.45, 2.75) is 18.9 Å². The van der Waals surface area contributed by atoms with Gasteiger partial charge in [-0.1, -0.05) is 12.1 Å². The van der Waals surface area contributed by atoms with Gasteiger partial charge in [-0.25, -0.2) is 4.98 Å². The zero-order chi connectivity index (χ0) is 10.3. The molecule has 1 aliphatic heterocycles. The van der Waals surface area contributed by atoms with E-state index in [0.29, 0.717) is 6.04 Å². The van der Waals surface area contributed by atoms with Crippen molar-refractivity contribution in [3.05, 3.63) is 34.6 Å². The second-order valence-corrected chi connectivity index (χ2v) is 5.06. The molecule has 2 aliphatic rings. The molecule has 0 amide bonds. The molecule has 2 unspecified atom stereocenters. The molecule has 0 bridgehead atoms. The Kier molecular flexibility index (Phi) is 2.37. The monoisotopic (exact) mass is 264 g/mol. The third-order valence-electron chi connectivity index (χ3n) is 3.37. The van der Waals surface area contributed by atoms with Crippen LogP contribution in [0.1, 0.15) is 18.4 Å². The van der Waals surface area contributed by atoms with Crippen molar-refractivity contribution in [3.8, 4) is 0 Å². The van der Waals surface area contributed by atoms with Gasteiger partial charge >= 0.3 is 0 Å². The molecule has 0 spiro atoms. The standard InChI is InChI=1S/C12H13BrN2/c13-11-5-4-8(6-14-11)10-3-1-2-9-7-15-12(9)10/h3-6,9,12,15H,1-2,7H2. The predicted molar refractivity (Wildman–Crippen MR) is 64.4 cm³/mol. The molecule has 1 fully saturated rings. The van der Waals surface area contributed by atoms with Crippen LogP contribution in [-0.2, 0) is 0 Å². The zero-order valence-electron chi connectivity index (χ0n) is 8.41. The van der Waals surface area contributed by atoms with Crippen LogP contribution in [0.25, 0.3) is 5.57 Å². The summed E-state index contributed by atoms with van der Waals surface area (Å²) in [5.74, 6) is 0.855. The van der Waals surface area contributed by atoms with Crippen molar-refractivity contribution in [1.82, 2.24) is 10.3 Å². The number of aromatic nitrogens is 1. The topological polar surface area (TPSA) is 24.9 Å². The lowest BCUT2D eigenvalue weighted by Gasteiger charge is -2.42. The smallest absolute Gasteiger partial charge is 0.106 e. The summed E-state index contributed by atoms with van der Waals surface area (Å²) in [4.78, 5) is 4.29. The molecule has 3 heteroatoms. The molecule has 1 aromatic rings. The molecule has 1 aliphatic carbocycles. The van der Waals surface area contributed by atoms with Crippen LogP contribution in [0, 0.1) is 5.92 Å². The van der Waals surface area contributed by atoms with Crippen LogP contribution in [0.15, 0.2) is 29.0 Å². The molecule has 1 N–H and O–H groups in total. The van der Waals surface area contributed by atoms with E-state index >= 15 is 0 Å². The lowest BCUT2D eigenvalue weighted by atomic mass is 9.76. The molecule has 0 saturated carbocycles. The Labute approximate surface area is 97.9 Å². The fourth-order valence-corrected chi connectivity index (χ4v) is 2.69. The minimum Gasteiger partial charge on any atom is -0.309 e. The number of nitrogens with zero attached hydrogens (tertiary/aromatic N) is 1. The molecule has 2 atom stereocenters. The maximum atomic E-state index is 4.29.